The molecule has 4 amide bonds. The molecule has 0 aliphatic carbocycles. The first kappa shape index (κ1) is 83.6. The van der Waals surface area contributed by atoms with Crippen molar-refractivity contribution in [3.8, 4) is 42.3 Å². The largest absolute Gasteiger partial charge is 0.389 e. The number of amides is 4. The van der Waals surface area contributed by atoms with E-state index in [1.807, 2.05) is 221 Å². The van der Waals surface area contributed by atoms with Crippen molar-refractivity contribution in [1.29, 1.82) is 0 Å². The Hall–Kier alpha value is -11.9. The molecule has 596 valence electrons. The molecule has 10 heterocycles. The third-order valence-electron chi connectivity index (χ3n) is 19.0. The van der Waals surface area contributed by atoms with E-state index in [0.717, 1.165) is 156 Å². The van der Waals surface area contributed by atoms with Crippen molar-refractivity contribution in [1.82, 2.24) is 59.9 Å². The second-order valence-electron chi connectivity index (χ2n) is 28.1. The van der Waals surface area contributed by atoms with Crippen LogP contribution in [-0.4, -0.2) is 138 Å². The summed E-state index contributed by atoms with van der Waals surface area (Å²) in [4.78, 5) is 94.9. The quantitative estimate of drug-likeness (QED) is 0.0287. The number of aliphatic hydroxyl groups is 4. The molecule has 8 aromatic heterocycles. The third-order valence-corrected chi connectivity index (χ3v) is 22.8. The Labute approximate surface area is 690 Å². The van der Waals surface area contributed by atoms with Gasteiger partial charge in [-0.05, 0) is 199 Å². The molecule has 0 spiro atoms. The van der Waals surface area contributed by atoms with Gasteiger partial charge in [-0.25, -0.2) is 39.9 Å². The molecule has 24 nitrogen and oxygen atoms in total. The molecular weight excluding hydrogens is 1540 g/mol. The minimum atomic E-state index is -0.549. The standard InChI is InChI=1S/C24H22N4O2S.C22H24N4O2S.C21H22N4O2S.C21H24N4O2S/c1-16(29)18-8-5-9-20(12-18)27-24-25-11-10-21(28-24)22-13-19(15-31-22)23(30)26-14-17-6-3-2-4-7-17;1-15(27)16-6-5-7-18(12-16)24-22-23-9-8-19(25-22)20-13-17(14-29-20)21(28)26-10-3-2-4-11-26;1-14(26)15-5-4-6-17(11-15)23-21-22-8-7-18(24-21)19-12-16(13-28-19)20(27)25-9-2-3-10-25;1-13(2)25(4)20(27)16-11-19(28-12-16)18-8-9-22-21(24-18)23-17-7-5-6-15(10-17)14(3)26/h2-13,15-16,29H,14H2,1H3,(H,26,30)(H,25,27,28);5-9,12-15,27H,2-4,10-11H2,1H3,(H,23,24,25);4-8,11-14,26H,2-3,9-10H2,1H3,(H,22,23,24);5-14,26H,1-4H3,(H,22,23,24). The minimum Gasteiger partial charge on any atom is -0.389 e. The number of likely N-dealkylation sites (tertiary alicyclic amines) is 2. The lowest BCUT2D eigenvalue weighted by atomic mass is 10.1. The van der Waals surface area contributed by atoms with Crippen LogP contribution in [0.5, 0.6) is 0 Å². The van der Waals surface area contributed by atoms with Crippen LogP contribution in [0.2, 0.25) is 0 Å². The second kappa shape index (κ2) is 40.4. The summed E-state index contributed by atoms with van der Waals surface area (Å²) in [5.74, 6) is 1.94. The minimum absolute atomic E-state index is 0.000145. The smallest absolute Gasteiger partial charge is 0.254 e. The normalized spacial score (nSPS) is 13.4. The molecule has 2 aliphatic rings. The fourth-order valence-electron chi connectivity index (χ4n) is 12.3. The molecular formula is C88H92N16O8S4. The first-order valence-electron chi connectivity index (χ1n) is 38.2. The highest BCUT2D eigenvalue weighted by atomic mass is 32.1. The number of aliphatic hydroxyl groups excluding tert-OH is 4. The van der Waals surface area contributed by atoms with Crippen LogP contribution < -0.4 is 26.6 Å². The first-order valence-corrected chi connectivity index (χ1v) is 41.7. The lowest BCUT2D eigenvalue weighted by Crippen LogP contribution is -2.35. The molecule has 13 aromatic rings. The number of thiophene rings is 4. The average Bonchev–Trinajstić information content (AvgIpc) is 1.68. The molecule has 0 radical (unpaired) electrons. The van der Waals surface area contributed by atoms with Crippen molar-refractivity contribution in [2.45, 2.75) is 111 Å². The monoisotopic (exact) mass is 1630 g/mol. The van der Waals surface area contributed by atoms with Gasteiger partial charge in [0, 0.05) is 115 Å². The topological polar surface area (TPSA) is 322 Å². The van der Waals surface area contributed by atoms with Gasteiger partial charge in [0.1, 0.15) is 0 Å². The number of hydrogen-bond donors (Lipinski definition) is 9. The van der Waals surface area contributed by atoms with Crippen molar-refractivity contribution < 1.29 is 39.6 Å². The first-order chi connectivity index (χ1) is 56.1. The number of aromatic nitrogens is 8. The van der Waals surface area contributed by atoms with Crippen molar-refractivity contribution in [2.75, 3.05) is 54.5 Å². The van der Waals surface area contributed by atoms with Crippen molar-refractivity contribution >= 4 is 116 Å². The van der Waals surface area contributed by atoms with Crippen LogP contribution in [0.15, 0.2) is 222 Å². The third kappa shape index (κ3) is 23.2. The maximum Gasteiger partial charge on any atom is 0.254 e. The van der Waals surface area contributed by atoms with E-state index in [1.165, 1.54) is 51.8 Å². The van der Waals surface area contributed by atoms with Crippen LogP contribution in [0.1, 0.15) is 167 Å². The molecule has 2 fully saturated rings. The zero-order chi connectivity index (χ0) is 81.6. The molecule has 0 saturated carbocycles. The number of carbonyl (C=O) groups is 4. The van der Waals surface area contributed by atoms with Gasteiger partial charge >= 0.3 is 0 Å². The van der Waals surface area contributed by atoms with Crippen LogP contribution >= 0.6 is 45.3 Å². The summed E-state index contributed by atoms with van der Waals surface area (Å²) < 4.78 is 0. The Morgan fingerprint density at radius 3 is 1.03 bits per heavy atom. The summed E-state index contributed by atoms with van der Waals surface area (Å²) in [6.07, 6.45) is 10.1. The number of anilines is 8. The molecule has 0 bridgehead atoms. The van der Waals surface area contributed by atoms with Crippen LogP contribution in [0.3, 0.4) is 0 Å². The summed E-state index contributed by atoms with van der Waals surface area (Å²) >= 11 is 5.98. The number of hydrogen-bond acceptors (Lipinski definition) is 24. The maximum atomic E-state index is 12.7. The zero-order valence-corrected chi connectivity index (χ0v) is 68.6. The van der Waals surface area contributed by atoms with Gasteiger partial charge in [-0.15, -0.1) is 45.3 Å². The number of nitrogens with one attached hydrogen (secondary N) is 5. The van der Waals surface area contributed by atoms with E-state index >= 15 is 0 Å². The predicted molar refractivity (Wildman–Crippen MR) is 463 cm³/mol. The van der Waals surface area contributed by atoms with E-state index in [4.69, 9.17) is 0 Å². The van der Waals surface area contributed by atoms with Gasteiger partial charge in [0.05, 0.1) is 89.0 Å². The molecule has 28 heteroatoms. The average molecular weight is 1630 g/mol. The second-order valence-corrected chi connectivity index (χ2v) is 31.7. The molecule has 15 rings (SSSR count). The Morgan fingerprint density at radius 2 is 0.698 bits per heavy atom. The number of piperidine rings is 1. The SMILES string of the molecule is CC(O)c1cccc(Nc2nccc(-c3cc(C(=O)N(C)C(C)C)cs3)n2)c1.CC(O)c1cccc(Nc2nccc(-c3cc(C(=O)N4CCCC4)cs3)n2)c1.CC(O)c1cccc(Nc2nccc(-c3cc(C(=O)N4CCCCC4)cs3)n2)c1.CC(O)c1cccc(Nc2nccc(-c3cc(C(=O)NCc4ccccc4)cs3)n2)c1. The van der Waals surface area contributed by atoms with E-state index in [9.17, 15) is 39.6 Å². The van der Waals surface area contributed by atoms with E-state index < -0.39 is 24.4 Å². The van der Waals surface area contributed by atoms with Gasteiger partial charge in [0.15, 0.2) is 0 Å². The van der Waals surface area contributed by atoms with Gasteiger partial charge in [-0.3, -0.25) is 19.2 Å². The Morgan fingerprint density at radius 1 is 0.388 bits per heavy atom. The molecule has 2 saturated heterocycles. The van der Waals surface area contributed by atoms with Gasteiger partial charge in [0.25, 0.3) is 23.6 Å². The summed E-state index contributed by atoms with van der Waals surface area (Å²) in [5.41, 5.74) is 13.3. The van der Waals surface area contributed by atoms with Gasteiger partial charge in [0.2, 0.25) is 23.8 Å². The van der Waals surface area contributed by atoms with Crippen molar-refractivity contribution in [2.24, 2.45) is 0 Å². The lowest BCUT2D eigenvalue weighted by Gasteiger charge is -2.26. The van der Waals surface area contributed by atoms with Crippen LogP contribution in [0.25, 0.3) is 42.3 Å². The molecule has 4 unspecified atom stereocenters. The van der Waals surface area contributed by atoms with Crippen LogP contribution in [0, 0.1) is 0 Å². The summed E-state index contributed by atoms with van der Waals surface area (Å²) in [7, 11) is 1.80. The summed E-state index contributed by atoms with van der Waals surface area (Å²) in [6.45, 7) is 14.7. The predicted octanol–water partition coefficient (Wildman–Crippen LogP) is 18.3. The van der Waals surface area contributed by atoms with E-state index in [-0.39, 0.29) is 29.7 Å². The highest BCUT2D eigenvalue weighted by Crippen LogP contribution is 2.34. The molecule has 4 atom stereocenters. The molecule has 116 heavy (non-hydrogen) atoms. The highest BCUT2D eigenvalue weighted by molar-refractivity contribution is 7.14. The Bertz CT molecular complexity index is 5300. The Balaban J connectivity index is 0.000000143. The Kier molecular flexibility index (Phi) is 29.1. The fraction of sp³-hybridized carbons (Fsp3) is 0.250. The number of carbonyl (C=O) groups excluding carboxylic acids is 4. The van der Waals surface area contributed by atoms with Crippen molar-refractivity contribution in [3.05, 3.63) is 272 Å². The zero-order valence-electron chi connectivity index (χ0n) is 65.3. The molecule has 2 aliphatic heterocycles. The highest BCUT2D eigenvalue weighted by Gasteiger charge is 2.24. The number of nitrogens with zero attached hydrogens (tertiary/aromatic N) is 11. The van der Waals surface area contributed by atoms with Crippen LogP contribution in [0.4, 0.5) is 46.5 Å². The van der Waals surface area contributed by atoms with E-state index in [0.29, 0.717) is 41.5 Å². The lowest BCUT2D eigenvalue weighted by molar-refractivity contribution is 0.0722. The summed E-state index contributed by atoms with van der Waals surface area (Å²) in [5, 5.41) is 62.2. The van der Waals surface area contributed by atoms with E-state index in [1.54, 1.807) is 64.4 Å². The van der Waals surface area contributed by atoms with E-state index in [2.05, 4.69) is 66.5 Å². The van der Waals surface area contributed by atoms with Crippen molar-refractivity contribution in [3.63, 3.8) is 0 Å². The van der Waals surface area contributed by atoms with Crippen LogP contribution in [-0.2, 0) is 6.54 Å². The van der Waals surface area contributed by atoms with Gasteiger partial charge < -0.3 is 61.7 Å². The van der Waals surface area contributed by atoms with Gasteiger partial charge in [-0.2, -0.15) is 0 Å². The van der Waals surface area contributed by atoms with Gasteiger partial charge in [-0.1, -0.05) is 78.9 Å². The fourth-order valence-corrected chi connectivity index (χ4v) is 15.7. The number of rotatable bonds is 23. The molecule has 5 aromatic carbocycles. The maximum absolute atomic E-state index is 12.7. The number of benzene rings is 5. The summed E-state index contributed by atoms with van der Waals surface area (Å²) in [6, 6.07) is 54.9. The molecule has 9 N–H and O–H groups in total.